The molecule has 0 saturated carbocycles. The largest absolute Gasteiger partial charge is 0.337 e. The fourth-order valence-electron chi connectivity index (χ4n) is 1.67. The number of aromatic nitrogens is 2. The third kappa shape index (κ3) is 2.93. The molecule has 3 nitrogen and oxygen atoms in total. The average Bonchev–Trinajstić information content (AvgIpc) is 2.87. The number of hydrogen-bond acceptors (Lipinski definition) is 3. The predicted molar refractivity (Wildman–Crippen MR) is 67.5 cm³/mol. The van der Waals surface area contributed by atoms with Crippen LogP contribution < -0.4 is 5.32 Å². The molecule has 0 aliphatic rings. The van der Waals surface area contributed by atoms with Gasteiger partial charge in [0.2, 0.25) is 0 Å². The predicted octanol–water partition coefficient (Wildman–Crippen LogP) is 2.20. The second-order valence-electron chi connectivity index (χ2n) is 4.11. The van der Waals surface area contributed by atoms with Crippen molar-refractivity contribution in [2.24, 2.45) is 7.05 Å². The summed E-state index contributed by atoms with van der Waals surface area (Å²) < 4.78 is 2.05. The molecule has 2 aromatic heterocycles. The minimum Gasteiger partial charge on any atom is -0.337 e. The molecule has 1 atom stereocenters. The van der Waals surface area contributed by atoms with Crippen LogP contribution in [0.3, 0.4) is 0 Å². The summed E-state index contributed by atoms with van der Waals surface area (Å²) in [5.41, 5.74) is 2.63. The van der Waals surface area contributed by atoms with E-state index in [4.69, 9.17) is 0 Å². The number of imidazole rings is 1. The number of aryl methyl sites for hydroxylation is 1. The maximum atomic E-state index is 4.10. The molecule has 0 saturated heterocycles. The summed E-state index contributed by atoms with van der Waals surface area (Å²) in [6, 6.07) is 2.68. The van der Waals surface area contributed by atoms with Crippen molar-refractivity contribution >= 4 is 11.3 Å². The molecule has 0 amide bonds. The first-order valence-electron chi connectivity index (χ1n) is 5.45. The summed E-state index contributed by atoms with van der Waals surface area (Å²) in [6.45, 7) is 3.09. The summed E-state index contributed by atoms with van der Waals surface area (Å²) in [6.07, 6.45) is 4.83. The fraction of sp³-hybridized carbons (Fsp3) is 0.417. The third-order valence-corrected chi connectivity index (χ3v) is 3.40. The average molecular weight is 235 g/mol. The summed E-state index contributed by atoms with van der Waals surface area (Å²) >= 11 is 1.76. The van der Waals surface area contributed by atoms with Gasteiger partial charge in [0, 0.05) is 25.8 Å². The first-order chi connectivity index (χ1) is 7.75. The molecule has 0 aliphatic carbocycles. The van der Waals surface area contributed by atoms with Gasteiger partial charge < -0.3 is 9.88 Å². The molecule has 86 valence electrons. The number of rotatable bonds is 5. The Labute approximate surface area is 100 Å². The van der Waals surface area contributed by atoms with Crippen LogP contribution in [0.1, 0.15) is 18.2 Å². The van der Waals surface area contributed by atoms with E-state index >= 15 is 0 Å². The maximum Gasteiger partial charge on any atom is 0.0945 e. The van der Waals surface area contributed by atoms with E-state index in [2.05, 4.69) is 34.1 Å². The van der Waals surface area contributed by atoms with E-state index in [-0.39, 0.29) is 0 Å². The molecular weight excluding hydrogens is 218 g/mol. The van der Waals surface area contributed by atoms with E-state index < -0.39 is 0 Å². The van der Waals surface area contributed by atoms with Crippen LogP contribution in [0.4, 0.5) is 0 Å². The Kier molecular flexibility index (Phi) is 3.74. The second-order valence-corrected chi connectivity index (χ2v) is 4.89. The Morgan fingerprint density at radius 3 is 3.06 bits per heavy atom. The van der Waals surface area contributed by atoms with Crippen LogP contribution in [-0.4, -0.2) is 15.6 Å². The zero-order valence-corrected chi connectivity index (χ0v) is 10.5. The molecular formula is C12H17N3S. The Bertz CT molecular complexity index is 419. The van der Waals surface area contributed by atoms with Crippen LogP contribution in [0.15, 0.2) is 29.4 Å². The molecule has 1 N–H and O–H groups in total. The van der Waals surface area contributed by atoms with E-state index in [0.717, 1.165) is 13.0 Å². The zero-order valence-electron chi connectivity index (χ0n) is 9.68. The second kappa shape index (κ2) is 5.27. The SMILES string of the molecule is CC(Cc1ccsc1)NCc1cncn1C. The van der Waals surface area contributed by atoms with E-state index in [9.17, 15) is 0 Å². The first kappa shape index (κ1) is 11.4. The normalized spacial score (nSPS) is 12.9. The monoisotopic (exact) mass is 235 g/mol. The minimum absolute atomic E-state index is 0.490. The smallest absolute Gasteiger partial charge is 0.0945 e. The molecule has 2 rings (SSSR count). The van der Waals surface area contributed by atoms with Crippen LogP contribution in [0.5, 0.6) is 0 Å². The highest BCUT2D eigenvalue weighted by atomic mass is 32.1. The number of nitrogens with zero attached hydrogens (tertiary/aromatic N) is 2. The fourth-order valence-corrected chi connectivity index (χ4v) is 2.35. The van der Waals surface area contributed by atoms with E-state index in [1.165, 1.54) is 11.3 Å². The molecule has 0 aliphatic heterocycles. The number of hydrogen-bond donors (Lipinski definition) is 1. The van der Waals surface area contributed by atoms with E-state index in [1.54, 1.807) is 11.3 Å². The number of nitrogens with one attached hydrogen (secondary N) is 1. The van der Waals surface area contributed by atoms with Crippen molar-refractivity contribution < 1.29 is 0 Å². The van der Waals surface area contributed by atoms with Gasteiger partial charge in [0.05, 0.1) is 12.0 Å². The molecule has 0 radical (unpaired) electrons. The minimum atomic E-state index is 0.490. The Balaban J connectivity index is 1.80. The Hall–Kier alpha value is -1.13. The van der Waals surface area contributed by atoms with E-state index in [0.29, 0.717) is 6.04 Å². The van der Waals surface area contributed by atoms with Crippen molar-refractivity contribution in [3.05, 3.63) is 40.6 Å². The van der Waals surface area contributed by atoms with Gasteiger partial charge in [0.25, 0.3) is 0 Å². The molecule has 0 bridgehead atoms. The van der Waals surface area contributed by atoms with E-state index in [1.807, 2.05) is 24.1 Å². The molecule has 0 spiro atoms. The lowest BCUT2D eigenvalue weighted by molar-refractivity contribution is 0.533. The van der Waals surface area contributed by atoms with Gasteiger partial charge in [-0.15, -0.1) is 0 Å². The lowest BCUT2D eigenvalue weighted by atomic mass is 10.1. The highest BCUT2D eigenvalue weighted by Crippen LogP contribution is 2.08. The van der Waals surface area contributed by atoms with Crippen LogP contribution >= 0.6 is 11.3 Å². The van der Waals surface area contributed by atoms with Crippen molar-refractivity contribution in [2.75, 3.05) is 0 Å². The molecule has 16 heavy (non-hydrogen) atoms. The summed E-state index contributed by atoms with van der Waals surface area (Å²) in [4.78, 5) is 4.10. The standard InChI is InChI=1S/C12H17N3S/c1-10(5-11-3-4-16-8-11)14-7-12-6-13-9-15(12)2/h3-4,6,8-10,14H,5,7H2,1-2H3. The highest BCUT2D eigenvalue weighted by molar-refractivity contribution is 7.07. The van der Waals surface area contributed by atoms with Crippen LogP contribution in [0, 0.1) is 0 Å². The summed E-state index contributed by atoms with van der Waals surface area (Å²) in [5.74, 6) is 0. The molecule has 2 heterocycles. The first-order valence-corrected chi connectivity index (χ1v) is 6.39. The van der Waals surface area contributed by atoms with Gasteiger partial charge in [-0.25, -0.2) is 4.98 Å². The van der Waals surface area contributed by atoms with Crippen LogP contribution in [-0.2, 0) is 20.0 Å². The number of thiophene rings is 1. The topological polar surface area (TPSA) is 29.9 Å². The van der Waals surface area contributed by atoms with Gasteiger partial charge >= 0.3 is 0 Å². The molecule has 1 unspecified atom stereocenters. The van der Waals surface area contributed by atoms with Crippen molar-refractivity contribution in [1.82, 2.24) is 14.9 Å². The molecule has 2 aromatic rings. The lowest BCUT2D eigenvalue weighted by Gasteiger charge is -2.13. The van der Waals surface area contributed by atoms with Gasteiger partial charge in [0.1, 0.15) is 0 Å². The summed E-state index contributed by atoms with van der Waals surface area (Å²) in [5, 5.41) is 7.85. The highest BCUT2D eigenvalue weighted by Gasteiger charge is 2.04. The third-order valence-electron chi connectivity index (χ3n) is 2.67. The zero-order chi connectivity index (χ0) is 11.4. The van der Waals surface area contributed by atoms with Gasteiger partial charge in [0.15, 0.2) is 0 Å². The molecule has 0 aromatic carbocycles. The van der Waals surface area contributed by atoms with Gasteiger partial charge in [-0.1, -0.05) is 0 Å². The molecule has 0 fully saturated rings. The van der Waals surface area contributed by atoms with Crippen LogP contribution in [0.2, 0.25) is 0 Å². The Morgan fingerprint density at radius 2 is 2.44 bits per heavy atom. The molecule has 4 heteroatoms. The van der Waals surface area contributed by atoms with Crippen molar-refractivity contribution in [3.63, 3.8) is 0 Å². The van der Waals surface area contributed by atoms with Gasteiger partial charge in [-0.2, -0.15) is 11.3 Å². The Morgan fingerprint density at radius 1 is 1.56 bits per heavy atom. The quantitative estimate of drug-likeness (QED) is 0.861. The van der Waals surface area contributed by atoms with Gasteiger partial charge in [-0.3, -0.25) is 0 Å². The van der Waals surface area contributed by atoms with Crippen LogP contribution in [0.25, 0.3) is 0 Å². The van der Waals surface area contributed by atoms with Crippen molar-refractivity contribution in [3.8, 4) is 0 Å². The summed E-state index contributed by atoms with van der Waals surface area (Å²) in [7, 11) is 2.02. The maximum absolute atomic E-state index is 4.10. The van der Waals surface area contributed by atoms with Crippen molar-refractivity contribution in [2.45, 2.75) is 25.9 Å². The van der Waals surface area contributed by atoms with Crippen molar-refractivity contribution in [1.29, 1.82) is 0 Å². The lowest BCUT2D eigenvalue weighted by Crippen LogP contribution is -2.28. The van der Waals surface area contributed by atoms with Gasteiger partial charge in [-0.05, 0) is 35.7 Å².